The van der Waals surface area contributed by atoms with E-state index in [2.05, 4.69) is 10.2 Å². The van der Waals surface area contributed by atoms with Crippen LogP contribution < -0.4 is 5.32 Å². The van der Waals surface area contributed by atoms with E-state index in [0.29, 0.717) is 18.6 Å². The molecule has 2 fully saturated rings. The number of rotatable bonds is 2. The average Bonchev–Trinajstić information content (AvgIpc) is 2.76. The number of piperidine rings is 1. The lowest BCUT2D eigenvalue weighted by atomic mass is 9.94. The number of alkyl halides is 3. The number of likely N-dealkylation sites (tertiary alicyclic amines) is 1. The average molecular weight is 290 g/mol. The second-order valence-corrected chi connectivity index (χ2v) is 6.62. The van der Waals surface area contributed by atoms with Crippen molar-refractivity contribution in [2.75, 3.05) is 13.1 Å². The predicted molar refractivity (Wildman–Crippen MR) is 69.2 cm³/mol. The van der Waals surface area contributed by atoms with E-state index in [4.69, 9.17) is 0 Å². The van der Waals surface area contributed by atoms with Gasteiger partial charge < -0.3 is 5.32 Å². The van der Waals surface area contributed by atoms with Crippen LogP contribution in [0.5, 0.6) is 0 Å². The van der Waals surface area contributed by atoms with Crippen molar-refractivity contribution in [1.29, 1.82) is 0 Å². The fourth-order valence-electron chi connectivity index (χ4n) is 3.06. The Morgan fingerprint density at radius 1 is 1.21 bits per heavy atom. The van der Waals surface area contributed by atoms with E-state index < -0.39 is 11.1 Å². The zero-order valence-electron chi connectivity index (χ0n) is 10.5. The van der Waals surface area contributed by atoms with Crippen molar-refractivity contribution in [3.8, 4) is 0 Å². The highest BCUT2D eigenvalue weighted by Gasteiger charge is 2.33. The minimum Gasteiger partial charge on any atom is -0.309 e. The van der Waals surface area contributed by atoms with Gasteiger partial charge >= 0.3 is 6.18 Å². The van der Waals surface area contributed by atoms with Gasteiger partial charge in [0.05, 0.1) is 0 Å². The molecule has 0 spiro atoms. The molecule has 0 saturated carbocycles. The summed E-state index contributed by atoms with van der Waals surface area (Å²) in [4.78, 5) is 2.61. The SMILES string of the molecule is FC(F)(F)c1ccc(CN2CC3CCCC(C2)N3)s1. The van der Waals surface area contributed by atoms with Crippen LogP contribution in [-0.4, -0.2) is 30.1 Å². The number of nitrogens with zero attached hydrogens (tertiary/aromatic N) is 1. The highest BCUT2D eigenvalue weighted by molar-refractivity contribution is 7.12. The molecule has 2 unspecified atom stereocenters. The largest absolute Gasteiger partial charge is 0.425 e. The number of halogens is 3. The van der Waals surface area contributed by atoms with Crippen molar-refractivity contribution >= 4 is 11.3 Å². The van der Waals surface area contributed by atoms with E-state index >= 15 is 0 Å². The summed E-state index contributed by atoms with van der Waals surface area (Å²) in [5, 5.41) is 3.58. The van der Waals surface area contributed by atoms with Crippen LogP contribution in [0.3, 0.4) is 0 Å². The van der Waals surface area contributed by atoms with Crippen LogP contribution in [0.15, 0.2) is 12.1 Å². The van der Waals surface area contributed by atoms with E-state index in [1.165, 1.54) is 25.3 Å². The molecule has 6 heteroatoms. The highest BCUT2D eigenvalue weighted by Crippen LogP contribution is 2.35. The topological polar surface area (TPSA) is 15.3 Å². The molecule has 1 N–H and O–H groups in total. The molecule has 1 aromatic rings. The molecule has 3 rings (SSSR count). The monoisotopic (exact) mass is 290 g/mol. The van der Waals surface area contributed by atoms with Crippen molar-refractivity contribution in [2.45, 2.75) is 44.1 Å². The van der Waals surface area contributed by atoms with Crippen molar-refractivity contribution in [1.82, 2.24) is 10.2 Å². The maximum Gasteiger partial charge on any atom is 0.425 e. The summed E-state index contributed by atoms with van der Waals surface area (Å²) in [7, 11) is 0. The summed E-state index contributed by atoms with van der Waals surface area (Å²) in [5.74, 6) is 0. The summed E-state index contributed by atoms with van der Waals surface area (Å²) >= 11 is 0.874. The van der Waals surface area contributed by atoms with Crippen LogP contribution in [0.2, 0.25) is 0 Å². The lowest BCUT2D eigenvalue weighted by molar-refractivity contribution is -0.134. The van der Waals surface area contributed by atoms with Crippen LogP contribution in [0.4, 0.5) is 13.2 Å². The lowest BCUT2D eigenvalue weighted by Gasteiger charge is -2.42. The van der Waals surface area contributed by atoms with Crippen molar-refractivity contribution in [3.05, 3.63) is 21.9 Å². The zero-order chi connectivity index (χ0) is 13.5. The maximum atomic E-state index is 12.6. The van der Waals surface area contributed by atoms with Crippen molar-refractivity contribution in [3.63, 3.8) is 0 Å². The van der Waals surface area contributed by atoms with Gasteiger partial charge in [0.2, 0.25) is 0 Å². The van der Waals surface area contributed by atoms with E-state index in [0.717, 1.165) is 29.3 Å². The number of hydrogen-bond donors (Lipinski definition) is 1. The number of piperazine rings is 1. The van der Waals surface area contributed by atoms with Gasteiger partial charge in [-0.1, -0.05) is 6.42 Å². The molecular weight excluding hydrogens is 273 g/mol. The Morgan fingerprint density at radius 3 is 2.47 bits per heavy atom. The van der Waals surface area contributed by atoms with E-state index in [1.807, 2.05) is 0 Å². The molecule has 2 bridgehead atoms. The van der Waals surface area contributed by atoms with Crippen LogP contribution in [-0.2, 0) is 12.7 Å². The first-order valence-corrected chi connectivity index (χ1v) is 7.46. The van der Waals surface area contributed by atoms with Gasteiger partial charge in [0.1, 0.15) is 4.88 Å². The Bertz CT molecular complexity index is 431. The van der Waals surface area contributed by atoms with E-state index in [9.17, 15) is 13.2 Å². The van der Waals surface area contributed by atoms with Gasteiger partial charge in [0.25, 0.3) is 0 Å². The second kappa shape index (κ2) is 5.07. The molecule has 0 amide bonds. The fourth-order valence-corrected chi connectivity index (χ4v) is 3.98. The number of thiophene rings is 1. The first-order valence-electron chi connectivity index (χ1n) is 6.65. The second-order valence-electron chi connectivity index (χ2n) is 5.45. The smallest absolute Gasteiger partial charge is 0.309 e. The Labute approximate surface area is 114 Å². The Kier molecular flexibility index (Phi) is 3.57. The first-order chi connectivity index (χ1) is 9.00. The van der Waals surface area contributed by atoms with Crippen LogP contribution in [0.25, 0.3) is 0 Å². The molecule has 2 aliphatic heterocycles. The molecule has 19 heavy (non-hydrogen) atoms. The van der Waals surface area contributed by atoms with Gasteiger partial charge in [-0.05, 0) is 25.0 Å². The van der Waals surface area contributed by atoms with Crippen LogP contribution >= 0.6 is 11.3 Å². The quantitative estimate of drug-likeness (QED) is 0.900. The molecule has 0 aromatic carbocycles. The fraction of sp³-hybridized carbons (Fsp3) is 0.692. The zero-order valence-corrected chi connectivity index (χ0v) is 11.4. The Morgan fingerprint density at radius 2 is 1.89 bits per heavy atom. The summed E-state index contributed by atoms with van der Waals surface area (Å²) in [6.07, 6.45) is -0.563. The number of hydrogen-bond acceptors (Lipinski definition) is 3. The third-order valence-corrected chi connectivity index (χ3v) is 4.97. The Hall–Kier alpha value is -0.590. The number of fused-ring (bicyclic) bond motifs is 2. The molecule has 1 aromatic heterocycles. The number of nitrogens with one attached hydrogen (secondary N) is 1. The van der Waals surface area contributed by atoms with Gasteiger partial charge in [0.15, 0.2) is 0 Å². The summed E-state index contributed by atoms with van der Waals surface area (Å²) in [6.45, 7) is 2.56. The van der Waals surface area contributed by atoms with Crippen LogP contribution in [0, 0.1) is 0 Å². The molecular formula is C13H17F3N2S. The van der Waals surface area contributed by atoms with Gasteiger partial charge in [-0.3, -0.25) is 4.90 Å². The van der Waals surface area contributed by atoms with Crippen molar-refractivity contribution in [2.24, 2.45) is 0 Å². The molecule has 0 radical (unpaired) electrons. The van der Waals surface area contributed by atoms with Gasteiger partial charge in [-0.15, -0.1) is 11.3 Å². The summed E-state index contributed by atoms with van der Waals surface area (Å²) in [6, 6.07) is 3.86. The summed E-state index contributed by atoms with van der Waals surface area (Å²) in [5.41, 5.74) is 0. The third kappa shape index (κ3) is 3.12. The van der Waals surface area contributed by atoms with E-state index in [1.54, 1.807) is 6.07 Å². The normalized spacial score (nSPS) is 28.6. The standard InChI is InChI=1S/C13H17F3N2S/c14-13(15,16)12-5-4-11(19-12)8-18-6-9-2-1-3-10(7-18)17-9/h4-5,9-10,17H,1-3,6-8H2. The molecule has 3 heterocycles. The predicted octanol–water partition coefficient (Wildman–Crippen LogP) is 3.09. The lowest BCUT2D eigenvalue weighted by Crippen LogP contribution is -2.58. The van der Waals surface area contributed by atoms with Gasteiger partial charge in [0, 0.05) is 36.6 Å². The van der Waals surface area contributed by atoms with Gasteiger partial charge in [-0.2, -0.15) is 13.2 Å². The van der Waals surface area contributed by atoms with E-state index in [-0.39, 0.29) is 0 Å². The molecule has 0 aliphatic carbocycles. The summed E-state index contributed by atoms with van der Waals surface area (Å²) < 4.78 is 37.7. The first kappa shape index (κ1) is 13.4. The molecule has 2 saturated heterocycles. The molecule has 2 atom stereocenters. The minimum absolute atomic E-state index is 0.488. The third-order valence-electron chi connectivity index (χ3n) is 3.85. The molecule has 2 aliphatic rings. The van der Waals surface area contributed by atoms with Gasteiger partial charge in [-0.25, -0.2) is 0 Å². The Balaban J connectivity index is 1.63. The molecule has 106 valence electrons. The highest BCUT2D eigenvalue weighted by atomic mass is 32.1. The maximum absolute atomic E-state index is 12.6. The van der Waals surface area contributed by atoms with Crippen molar-refractivity contribution < 1.29 is 13.2 Å². The van der Waals surface area contributed by atoms with Crippen LogP contribution in [0.1, 0.15) is 29.0 Å². The molecule has 2 nitrogen and oxygen atoms in total. The minimum atomic E-state index is -4.21.